The summed E-state index contributed by atoms with van der Waals surface area (Å²) in [6.07, 6.45) is -0.0139. The van der Waals surface area contributed by atoms with E-state index in [1.54, 1.807) is 26.4 Å². The molecular weight excluding hydrogens is 258 g/mol. The monoisotopic (exact) mass is 281 g/mol. The molecule has 0 amide bonds. The standard InChI is InChI=1S/C15H23NO4/c1-15(2,3)16-12(9-14(17)18)11-7-6-10(19-4)8-13(11)20-5/h6-8,12,16H,9H2,1-5H3,(H,17,18)/t12-/m0/s1. The Morgan fingerprint density at radius 1 is 1.30 bits per heavy atom. The van der Waals surface area contributed by atoms with Crippen LogP contribution in [0.15, 0.2) is 18.2 Å². The number of ether oxygens (including phenoxy) is 2. The summed E-state index contributed by atoms with van der Waals surface area (Å²) in [5.41, 5.74) is 0.607. The van der Waals surface area contributed by atoms with Gasteiger partial charge in [-0.3, -0.25) is 4.79 Å². The van der Waals surface area contributed by atoms with E-state index in [0.717, 1.165) is 5.56 Å². The molecule has 1 aromatic carbocycles. The van der Waals surface area contributed by atoms with Crippen LogP contribution in [0.3, 0.4) is 0 Å². The van der Waals surface area contributed by atoms with Gasteiger partial charge in [0.1, 0.15) is 11.5 Å². The number of nitrogens with one attached hydrogen (secondary N) is 1. The minimum Gasteiger partial charge on any atom is -0.497 e. The SMILES string of the molecule is COc1ccc([C@H](CC(=O)O)NC(C)(C)C)c(OC)c1. The van der Waals surface area contributed by atoms with Crippen LogP contribution in [0, 0.1) is 0 Å². The van der Waals surface area contributed by atoms with Gasteiger partial charge in [0, 0.05) is 23.2 Å². The molecule has 2 N–H and O–H groups in total. The highest BCUT2D eigenvalue weighted by molar-refractivity contribution is 5.68. The zero-order valence-electron chi connectivity index (χ0n) is 12.7. The lowest BCUT2D eigenvalue weighted by Gasteiger charge is -2.29. The van der Waals surface area contributed by atoms with Crippen LogP contribution in [0.5, 0.6) is 11.5 Å². The molecule has 0 saturated heterocycles. The minimum absolute atomic E-state index is 0.0139. The molecule has 1 aromatic rings. The van der Waals surface area contributed by atoms with Crippen LogP contribution in [0.1, 0.15) is 38.8 Å². The van der Waals surface area contributed by atoms with Crippen molar-refractivity contribution in [3.63, 3.8) is 0 Å². The maximum absolute atomic E-state index is 11.1. The molecule has 0 radical (unpaired) electrons. The molecule has 0 aliphatic rings. The fourth-order valence-electron chi connectivity index (χ4n) is 2.04. The Morgan fingerprint density at radius 2 is 1.95 bits per heavy atom. The smallest absolute Gasteiger partial charge is 0.305 e. The topological polar surface area (TPSA) is 67.8 Å². The Hall–Kier alpha value is -1.75. The normalized spacial score (nSPS) is 12.8. The summed E-state index contributed by atoms with van der Waals surface area (Å²) in [5.74, 6) is 0.437. The van der Waals surface area contributed by atoms with Crippen molar-refractivity contribution in [3.05, 3.63) is 23.8 Å². The second-order valence-corrected chi connectivity index (χ2v) is 5.65. The lowest BCUT2D eigenvalue weighted by atomic mass is 9.98. The highest BCUT2D eigenvalue weighted by Crippen LogP contribution is 2.32. The van der Waals surface area contributed by atoms with E-state index in [0.29, 0.717) is 11.5 Å². The number of carboxylic acid groups (broad SMARTS) is 1. The molecule has 1 rings (SSSR count). The first-order valence-electron chi connectivity index (χ1n) is 6.48. The lowest BCUT2D eigenvalue weighted by Crippen LogP contribution is -2.39. The number of methoxy groups -OCH3 is 2. The molecule has 112 valence electrons. The Kier molecular flexibility index (Phi) is 5.39. The number of aliphatic carboxylic acids is 1. The Morgan fingerprint density at radius 3 is 2.40 bits per heavy atom. The van der Waals surface area contributed by atoms with Crippen LogP contribution in [0.4, 0.5) is 0 Å². The largest absolute Gasteiger partial charge is 0.497 e. The van der Waals surface area contributed by atoms with E-state index in [-0.39, 0.29) is 18.0 Å². The van der Waals surface area contributed by atoms with E-state index in [1.165, 1.54) is 0 Å². The fraction of sp³-hybridized carbons (Fsp3) is 0.533. The molecule has 5 nitrogen and oxygen atoms in total. The van der Waals surface area contributed by atoms with Crippen LogP contribution in [-0.4, -0.2) is 30.8 Å². The predicted octanol–water partition coefficient (Wildman–Crippen LogP) is 2.61. The molecule has 0 saturated carbocycles. The summed E-state index contributed by atoms with van der Waals surface area (Å²) in [6.45, 7) is 5.99. The number of hydrogen-bond donors (Lipinski definition) is 2. The first-order chi connectivity index (χ1) is 9.26. The van der Waals surface area contributed by atoms with Crippen LogP contribution >= 0.6 is 0 Å². The van der Waals surface area contributed by atoms with E-state index in [4.69, 9.17) is 14.6 Å². The van der Waals surface area contributed by atoms with E-state index in [2.05, 4.69) is 5.32 Å². The van der Waals surface area contributed by atoms with Gasteiger partial charge in [0.2, 0.25) is 0 Å². The van der Waals surface area contributed by atoms with Gasteiger partial charge in [0.05, 0.1) is 20.6 Å². The van der Waals surface area contributed by atoms with Crippen molar-refractivity contribution >= 4 is 5.97 Å². The second kappa shape index (κ2) is 6.61. The fourth-order valence-corrected chi connectivity index (χ4v) is 2.04. The molecule has 5 heteroatoms. The van der Waals surface area contributed by atoms with Crippen LogP contribution < -0.4 is 14.8 Å². The summed E-state index contributed by atoms with van der Waals surface area (Å²) in [7, 11) is 3.14. The summed E-state index contributed by atoms with van der Waals surface area (Å²) < 4.78 is 10.5. The van der Waals surface area contributed by atoms with Crippen LogP contribution in [0.25, 0.3) is 0 Å². The molecule has 0 unspecified atom stereocenters. The highest BCUT2D eigenvalue weighted by Gasteiger charge is 2.24. The van der Waals surface area contributed by atoms with Crippen LogP contribution in [-0.2, 0) is 4.79 Å². The summed E-state index contributed by atoms with van der Waals surface area (Å²) >= 11 is 0. The lowest BCUT2D eigenvalue weighted by molar-refractivity contribution is -0.137. The Bertz CT molecular complexity index is 465. The molecule has 1 atom stereocenters. The van der Waals surface area contributed by atoms with Crippen molar-refractivity contribution in [2.45, 2.75) is 38.8 Å². The molecule has 0 aliphatic carbocycles. The van der Waals surface area contributed by atoms with Gasteiger partial charge in [0.15, 0.2) is 0 Å². The first-order valence-corrected chi connectivity index (χ1v) is 6.48. The van der Waals surface area contributed by atoms with E-state index < -0.39 is 5.97 Å². The van der Waals surface area contributed by atoms with Gasteiger partial charge in [-0.2, -0.15) is 0 Å². The average molecular weight is 281 g/mol. The molecule has 0 heterocycles. The molecule has 20 heavy (non-hydrogen) atoms. The Balaban J connectivity index is 3.15. The third-order valence-electron chi connectivity index (χ3n) is 2.80. The summed E-state index contributed by atoms with van der Waals surface area (Å²) in [4.78, 5) is 11.1. The van der Waals surface area contributed by atoms with Gasteiger partial charge in [-0.25, -0.2) is 0 Å². The van der Waals surface area contributed by atoms with Gasteiger partial charge in [-0.05, 0) is 26.8 Å². The summed E-state index contributed by atoms with van der Waals surface area (Å²) in [5, 5.41) is 12.4. The average Bonchev–Trinajstić information content (AvgIpc) is 2.35. The Labute approximate surface area is 119 Å². The van der Waals surface area contributed by atoms with Crippen LogP contribution in [0.2, 0.25) is 0 Å². The van der Waals surface area contributed by atoms with Crippen molar-refractivity contribution in [1.82, 2.24) is 5.32 Å². The second-order valence-electron chi connectivity index (χ2n) is 5.65. The van der Waals surface area contributed by atoms with E-state index in [9.17, 15) is 4.79 Å². The quantitative estimate of drug-likeness (QED) is 0.839. The highest BCUT2D eigenvalue weighted by atomic mass is 16.5. The maximum Gasteiger partial charge on any atom is 0.305 e. The van der Waals surface area contributed by atoms with Crippen molar-refractivity contribution in [3.8, 4) is 11.5 Å². The van der Waals surface area contributed by atoms with Crippen molar-refractivity contribution in [2.75, 3.05) is 14.2 Å². The van der Waals surface area contributed by atoms with Gasteiger partial charge >= 0.3 is 5.97 Å². The molecule has 0 aliphatic heterocycles. The number of hydrogen-bond acceptors (Lipinski definition) is 4. The minimum atomic E-state index is -0.857. The van der Waals surface area contributed by atoms with Gasteiger partial charge in [0.25, 0.3) is 0 Å². The predicted molar refractivity (Wildman–Crippen MR) is 77.4 cm³/mol. The van der Waals surface area contributed by atoms with Gasteiger partial charge < -0.3 is 19.9 Å². The number of carbonyl (C=O) groups is 1. The zero-order valence-corrected chi connectivity index (χ0v) is 12.7. The van der Waals surface area contributed by atoms with E-state index >= 15 is 0 Å². The van der Waals surface area contributed by atoms with Crippen molar-refractivity contribution < 1.29 is 19.4 Å². The van der Waals surface area contributed by atoms with Crippen molar-refractivity contribution in [2.24, 2.45) is 0 Å². The number of benzene rings is 1. The number of rotatable bonds is 6. The van der Waals surface area contributed by atoms with E-state index in [1.807, 2.05) is 26.8 Å². The third-order valence-corrected chi connectivity index (χ3v) is 2.80. The molecule has 0 aromatic heterocycles. The number of carboxylic acids is 1. The molecule has 0 fully saturated rings. The molecule has 0 spiro atoms. The van der Waals surface area contributed by atoms with Crippen molar-refractivity contribution in [1.29, 1.82) is 0 Å². The summed E-state index contributed by atoms with van der Waals surface area (Å²) in [6, 6.07) is 5.07. The first kappa shape index (κ1) is 16.3. The van der Waals surface area contributed by atoms with Gasteiger partial charge in [-0.15, -0.1) is 0 Å². The zero-order chi connectivity index (χ0) is 15.3. The third kappa shape index (κ3) is 4.74. The molecule has 0 bridgehead atoms. The molecular formula is C15H23NO4. The van der Waals surface area contributed by atoms with Gasteiger partial charge in [-0.1, -0.05) is 6.07 Å². The maximum atomic E-state index is 11.1.